The van der Waals surface area contributed by atoms with Crippen molar-refractivity contribution in [1.29, 1.82) is 0 Å². The number of Topliss-reactive ketones (excluding diaryl/α,β-unsaturated/α-hetero) is 1. The van der Waals surface area contributed by atoms with Crippen molar-refractivity contribution in [3.05, 3.63) is 0 Å². The van der Waals surface area contributed by atoms with Crippen LogP contribution in [-0.4, -0.2) is 34.3 Å². The largest absolute Gasteiger partial charge is 0.457 e. The number of fused-ring (bicyclic) bond motifs is 5. The van der Waals surface area contributed by atoms with Gasteiger partial charge in [0.2, 0.25) is 0 Å². The Hall–Kier alpha value is -0.710. The van der Waals surface area contributed by atoms with Crippen LogP contribution in [0.2, 0.25) is 0 Å². The predicted octanol–water partition coefficient (Wildman–Crippen LogP) is 4.33. The summed E-state index contributed by atoms with van der Waals surface area (Å²) >= 11 is 0. The highest BCUT2D eigenvalue weighted by atomic mass is 31.2. The Kier molecular flexibility index (Phi) is 6.00. The number of rotatable bonds is 5. The Morgan fingerprint density at radius 3 is 2.40 bits per heavy atom. The lowest BCUT2D eigenvalue weighted by molar-refractivity contribution is -0.150. The summed E-state index contributed by atoms with van der Waals surface area (Å²) in [6, 6.07) is 0. The van der Waals surface area contributed by atoms with E-state index in [0.29, 0.717) is 17.3 Å². The van der Waals surface area contributed by atoms with Gasteiger partial charge in [0.15, 0.2) is 5.78 Å². The number of hydrogen-bond acceptors (Lipinski definition) is 4. The van der Waals surface area contributed by atoms with Crippen LogP contribution in [0.1, 0.15) is 78.1 Å². The number of carbonyl (C=O) groups is 2. The summed E-state index contributed by atoms with van der Waals surface area (Å²) < 4.78 is 15.9. The third-order valence-corrected chi connectivity index (χ3v) is 10.4. The topological polar surface area (TPSA) is 101 Å². The van der Waals surface area contributed by atoms with Crippen molar-refractivity contribution < 1.29 is 28.7 Å². The summed E-state index contributed by atoms with van der Waals surface area (Å²) in [7, 11) is -4.46. The van der Waals surface area contributed by atoms with Gasteiger partial charge in [-0.1, -0.05) is 26.7 Å². The van der Waals surface area contributed by atoms with Crippen molar-refractivity contribution in [3.8, 4) is 0 Å². The summed E-state index contributed by atoms with van der Waals surface area (Å²) in [5, 5.41) is 0. The molecule has 0 heterocycles. The highest BCUT2D eigenvalue weighted by Gasteiger charge is 2.60. The second kappa shape index (κ2) is 8.01. The number of ketones is 1. The van der Waals surface area contributed by atoms with Crippen molar-refractivity contribution >= 4 is 19.3 Å². The van der Waals surface area contributed by atoms with E-state index in [4.69, 9.17) is 14.5 Å². The molecule has 0 bridgehead atoms. The van der Waals surface area contributed by atoms with E-state index in [-0.39, 0.29) is 23.7 Å². The van der Waals surface area contributed by atoms with Gasteiger partial charge < -0.3 is 14.5 Å². The lowest BCUT2D eigenvalue weighted by Gasteiger charge is -2.60. The Morgan fingerprint density at radius 2 is 1.67 bits per heavy atom. The van der Waals surface area contributed by atoms with Crippen molar-refractivity contribution in [2.75, 3.05) is 12.8 Å². The van der Waals surface area contributed by atoms with Crippen molar-refractivity contribution in [2.45, 2.75) is 78.1 Å². The molecule has 0 aromatic carbocycles. The van der Waals surface area contributed by atoms with Crippen LogP contribution in [-0.2, 0) is 18.9 Å². The van der Waals surface area contributed by atoms with E-state index in [1.807, 2.05) is 0 Å². The van der Waals surface area contributed by atoms with Gasteiger partial charge >= 0.3 is 13.6 Å². The number of hydrogen-bond donors (Lipinski definition) is 2. The quantitative estimate of drug-likeness (QED) is 0.488. The summed E-state index contributed by atoms with van der Waals surface area (Å²) in [5.74, 6) is 1.75. The second-order valence-corrected chi connectivity index (χ2v) is 12.7. The normalized spacial score (nSPS) is 43.3. The molecule has 0 aromatic heterocycles. The average molecular weight is 441 g/mol. The Labute approximate surface area is 179 Å². The van der Waals surface area contributed by atoms with E-state index in [2.05, 4.69) is 13.8 Å². The van der Waals surface area contributed by atoms with E-state index in [9.17, 15) is 14.2 Å². The molecule has 4 aliphatic carbocycles. The van der Waals surface area contributed by atoms with Gasteiger partial charge in [0.25, 0.3) is 0 Å². The van der Waals surface area contributed by atoms with Gasteiger partial charge in [-0.25, -0.2) is 0 Å². The molecule has 0 aromatic rings. The predicted molar refractivity (Wildman–Crippen MR) is 113 cm³/mol. The first-order chi connectivity index (χ1) is 14.0. The molecule has 0 radical (unpaired) electrons. The molecule has 170 valence electrons. The first-order valence-electron chi connectivity index (χ1n) is 11.8. The lowest BCUT2D eigenvalue weighted by Crippen LogP contribution is -2.53. The number of esters is 1. The Balaban J connectivity index is 1.43. The molecule has 0 saturated heterocycles. The van der Waals surface area contributed by atoms with E-state index < -0.39 is 19.7 Å². The number of carbonyl (C=O) groups excluding carboxylic acids is 2. The van der Waals surface area contributed by atoms with Gasteiger partial charge in [-0.15, -0.1) is 0 Å². The van der Waals surface area contributed by atoms with Gasteiger partial charge in [-0.2, -0.15) is 0 Å². The maximum absolute atomic E-state index is 13.0. The summed E-state index contributed by atoms with van der Waals surface area (Å²) in [6.45, 7) is 4.46. The van der Waals surface area contributed by atoms with Crippen molar-refractivity contribution in [2.24, 2.45) is 40.4 Å². The van der Waals surface area contributed by atoms with Crippen molar-refractivity contribution in [1.82, 2.24) is 0 Å². The van der Waals surface area contributed by atoms with E-state index in [0.717, 1.165) is 31.1 Å². The van der Waals surface area contributed by atoms with E-state index in [1.165, 1.54) is 44.9 Å². The average Bonchev–Trinajstić information content (AvgIpc) is 3.01. The van der Waals surface area contributed by atoms with Gasteiger partial charge in [-0.3, -0.25) is 14.2 Å². The fourth-order valence-electron chi connectivity index (χ4n) is 8.29. The molecule has 1 unspecified atom stereocenters. The van der Waals surface area contributed by atoms with E-state index >= 15 is 0 Å². The summed E-state index contributed by atoms with van der Waals surface area (Å²) in [5.41, 5.74) is 0.439. The molecule has 4 aliphatic rings. The van der Waals surface area contributed by atoms with Gasteiger partial charge in [0.1, 0.15) is 12.8 Å². The third-order valence-electron chi connectivity index (χ3n) is 9.68. The SMILES string of the molecule is C[C@]12CC[C@H]3[C@@H](CCC4CCCC[C@@]43C)[C@@H]1CC[C@@H]2C(=O)COC(=O)CP(=O)(O)O. The maximum atomic E-state index is 13.0. The molecule has 6 nitrogen and oxygen atoms in total. The molecule has 7 heteroatoms. The zero-order chi connectivity index (χ0) is 21.7. The van der Waals surface area contributed by atoms with E-state index in [1.54, 1.807) is 0 Å². The minimum atomic E-state index is -4.46. The summed E-state index contributed by atoms with van der Waals surface area (Å²) in [4.78, 5) is 42.4. The molecule has 0 amide bonds. The molecule has 4 saturated carbocycles. The second-order valence-electron chi connectivity index (χ2n) is 11.0. The Morgan fingerprint density at radius 1 is 0.933 bits per heavy atom. The standard InChI is InChI=1S/C23H37O6P/c1-22-11-4-3-5-15(22)6-7-16-17-8-9-19(23(17,2)12-10-18(16)22)20(24)13-29-21(25)14-30(26,27)28/h15-19H,3-14H2,1-2H3,(H2,26,27,28)/t15?,16-,17-,18-,19+,22-,23-/m0/s1. The Bertz CT molecular complexity index is 746. The molecule has 30 heavy (non-hydrogen) atoms. The van der Waals surface area contributed by atoms with Crippen molar-refractivity contribution in [3.63, 3.8) is 0 Å². The fraction of sp³-hybridized carbons (Fsp3) is 0.913. The first kappa shape index (κ1) is 22.5. The van der Waals surface area contributed by atoms with Crippen LogP contribution in [0.25, 0.3) is 0 Å². The molecule has 0 aliphatic heterocycles. The van der Waals surface area contributed by atoms with Crippen LogP contribution in [0, 0.1) is 40.4 Å². The van der Waals surface area contributed by atoms with Gasteiger partial charge in [0, 0.05) is 5.92 Å². The minimum Gasteiger partial charge on any atom is -0.457 e. The highest BCUT2D eigenvalue weighted by Crippen LogP contribution is 2.67. The summed E-state index contributed by atoms with van der Waals surface area (Å²) in [6.07, 6.45) is 11.4. The molecule has 2 N–H and O–H groups in total. The van der Waals surface area contributed by atoms with Crippen LogP contribution in [0.5, 0.6) is 0 Å². The number of ether oxygens (including phenoxy) is 1. The lowest BCUT2D eigenvalue weighted by atomic mass is 9.45. The van der Waals surface area contributed by atoms with Gasteiger partial charge in [0.05, 0.1) is 0 Å². The van der Waals surface area contributed by atoms with Gasteiger partial charge in [-0.05, 0) is 85.9 Å². The molecule has 4 fully saturated rings. The molecule has 0 spiro atoms. The third kappa shape index (κ3) is 3.93. The minimum absolute atomic E-state index is 0.0359. The van der Waals surface area contributed by atoms with Crippen LogP contribution >= 0.6 is 7.60 Å². The van der Waals surface area contributed by atoms with Crippen LogP contribution in [0.15, 0.2) is 0 Å². The first-order valence-corrected chi connectivity index (χ1v) is 13.6. The zero-order valence-electron chi connectivity index (χ0n) is 18.3. The maximum Gasteiger partial charge on any atom is 0.336 e. The molecular weight excluding hydrogens is 403 g/mol. The van der Waals surface area contributed by atoms with Crippen LogP contribution in [0.3, 0.4) is 0 Å². The fourth-order valence-corrected chi connectivity index (χ4v) is 8.72. The smallest absolute Gasteiger partial charge is 0.336 e. The zero-order valence-corrected chi connectivity index (χ0v) is 19.2. The molecule has 7 atom stereocenters. The van der Waals surface area contributed by atoms with Crippen LogP contribution < -0.4 is 0 Å². The monoisotopic (exact) mass is 440 g/mol. The van der Waals surface area contributed by atoms with Crippen LogP contribution in [0.4, 0.5) is 0 Å². The molecule has 4 rings (SSSR count). The molecular formula is C23H37O6P. The highest BCUT2D eigenvalue weighted by molar-refractivity contribution is 7.52.